The minimum absolute atomic E-state index is 0.0108. The molecule has 0 saturated carbocycles. The van der Waals surface area contributed by atoms with Crippen LogP contribution in [0.2, 0.25) is 0 Å². The summed E-state index contributed by atoms with van der Waals surface area (Å²) in [5.41, 5.74) is -0.0108. The van der Waals surface area contributed by atoms with E-state index in [2.05, 4.69) is 0 Å². The Labute approximate surface area is 52.5 Å². The summed E-state index contributed by atoms with van der Waals surface area (Å²) in [4.78, 5) is 15.2. The average Bonchev–Trinajstić information content (AvgIpc) is 1.90. The molecule has 0 unspecified atom stereocenters. The summed E-state index contributed by atoms with van der Waals surface area (Å²) >= 11 is 0. The van der Waals surface area contributed by atoms with Crippen LogP contribution in [-0.2, 0) is 0 Å². The van der Waals surface area contributed by atoms with Crippen LogP contribution in [0.1, 0.15) is 0 Å². The molecule has 0 aromatic carbocycles. The van der Waals surface area contributed by atoms with Gasteiger partial charge in [0.1, 0.15) is 7.11 Å². The fourth-order valence-corrected chi connectivity index (χ4v) is 0.521. The van der Waals surface area contributed by atoms with Crippen LogP contribution in [0, 0.1) is 0 Å². The van der Waals surface area contributed by atoms with Crippen molar-refractivity contribution in [1.29, 1.82) is 0 Å². The first-order chi connectivity index (χ1) is 4.33. The Morgan fingerprint density at radius 1 is 1.44 bits per heavy atom. The second kappa shape index (κ2) is 2.35. The van der Waals surface area contributed by atoms with Crippen molar-refractivity contribution in [1.82, 2.24) is 4.73 Å². The zero-order valence-electron chi connectivity index (χ0n) is 5.07. The van der Waals surface area contributed by atoms with E-state index in [9.17, 15) is 4.79 Å². The van der Waals surface area contributed by atoms with Gasteiger partial charge in [-0.05, 0) is 0 Å². The van der Waals surface area contributed by atoms with Crippen LogP contribution in [0.25, 0.3) is 0 Å². The highest BCUT2D eigenvalue weighted by molar-refractivity contribution is 4.91. The molecule has 0 amide bonds. The second-order valence-electron chi connectivity index (χ2n) is 1.58. The lowest BCUT2D eigenvalue weighted by molar-refractivity contribution is 0.165. The zero-order chi connectivity index (χ0) is 6.69. The van der Waals surface area contributed by atoms with Gasteiger partial charge in [0.15, 0.2) is 5.43 Å². The Balaban J connectivity index is 3.02. The van der Waals surface area contributed by atoms with E-state index in [4.69, 9.17) is 4.84 Å². The van der Waals surface area contributed by atoms with Crippen molar-refractivity contribution in [2.75, 3.05) is 7.11 Å². The third-order valence-corrected chi connectivity index (χ3v) is 0.982. The fourth-order valence-electron chi connectivity index (χ4n) is 0.521. The molecule has 1 rings (SSSR count). The lowest BCUT2D eigenvalue weighted by Crippen LogP contribution is -2.08. The van der Waals surface area contributed by atoms with Crippen LogP contribution in [0.5, 0.6) is 0 Å². The Hall–Kier alpha value is -1.25. The predicted octanol–water partition coefficient (Wildman–Crippen LogP) is -0.0933. The van der Waals surface area contributed by atoms with Crippen LogP contribution in [-0.4, -0.2) is 11.8 Å². The highest BCUT2D eigenvalue weighted by Crippen LogP contribution is 1.75. The molecule has 1 heterocycles. The third-order valence-electron chi connectivity index (χ3n) is 0.982. The van der Waals surface area contributed by atoms with Crippen molar-refractivity contribution >= 4 is 0 Å². The van der Waals surface area contributed by atoms with Crippen LogP contribution >= 0.6 is 0 Å². The van der Waals surface area contributed by atoms with E-state index in [0.29, 0.717) is 0 Å². The smallest absolute Gasteiger partial charge is 0.181 e. The summed E-state index contributed by atoms with van der Waals surface area (Å²) in [6.07, 6.45) is 3.12. The van der Waals surface area contributed by atoms with Crippen molar-refractivity contribution in [3.05, 3.63) is 34.7 Å². The topological polar surface area (TPSA) is 31.2 Å². The Kier molecular flexibility index (Phi) is 1.53. The molecule has 1 aromatic rings. The van der Waals surface area contributed by atoms with Crippen molar-refractivity contribution < 1.29 is 4.84 Å². The van der Waals surface area contributed by atoms with E-state index in [0.717, 1.165) is 0 Å². The largest absolute Gasteiger partial charge is 0.418 e. The molecule has 9 heavy (non-hydrogen) atoms. The van der Waals surface area contributed by atoms with Gasteiger partial charge in [0.25, 0.3) is 0 Å². The van der Waals surface area contributed by atoms with Gasteiger partial charge >= 0.3 is 0 Å². The van der Waals surface area contributed by atoms with Gasteiger partial charge in [-0.1, -0.05) is 0 Å². The van der Waals surface area contributed by atoms with E-state index in [1.165, 1.54) is 24.0 Å². The molecule has 0 saturated heterocycles. The lowest BCUT2D eigenvalue weighted by atomic mass is 10.5. The van der Waals surface area contributed by atoms with Crippen LogP contribution < -0.4 is 10.3 Å². The molecule has 0 N–H and O–H groups in total. The number of hydrogen-bond acceptors (Lipinski definition) is 2. The van der Waals surface area contributed by atoms with Crippen molar-refractivity contribution in [2.45, 2.75) is 0 Å². The first-order valence-electron chi connectivity index (χ1n) is 2.56. The maximum Gasteiger partial charge on any atom is 0.181 e. The van der Waals surface area contributed by atoms with Crippen molar-refractivity contribution in [3.8, 4) is 0 Å². The van der Waals surface area contributed by atoms with Crippen molar-refractivity contribution in [2.24, 2.45) is 0 Å². The molecular weight excluding hydrogens is 118 g/mol. The second-order valence-corrected chi connectivity index (χ2v) is 1.58. The number of hydrogen-bond donors (Lipinski definition) is 0. The van der Waals surface area contributed by atoms with Gasteiger partial charge in [0, 0.05) is 24.5 Å². The number of aromatic nitrogens is 1. The first-order valence-corrected chi connectivity index (χ1v) is 2.56. The molecule has 0 spiro atoms. The molecular formula is C6H7NO2. The van der Waals surface area contributed by atoms with Crippen LogP contribution in [0.15, 0.2) is 29.3 Å². The Morgan fingerprint density at radius 3 is 2.44 bits per heavy atom. The van der Waals surface area contributed by atoms with E-state index < -0.39 is 0 Å². The standard InChI is InChI=1S/C6H7NO2/c1-9-7-4-2-6(8)3-5-7/h2-5H,1H3. The molecule has 0 atom stereocenters. The van der Waals surface area contributed by atoms with Crippen LogP contribution in [0.4, 0.5) is 0 Å². The SMILES string of the molecule is COn1ccc(=O)cc1. The minimum Gasteiger partial charge on any atom is -0.418 e. The van der Waals surface area contributed by atoms with E-state index >= 15 is 0 Å². The molecule has 0 fully saturated rings. The van der Waals surface area contributed by atoms with E-state index in [1.54, 1.807) is 12.4 Å². The Morgan fingerprint density at radius 2 is 2.00 bits per heavy atom. The summed E-state index contributed by atoms with van der Waals surface area (Å²) < 4.78 is 1.45. The van der Waals surface area contributed by atoms with Gasteiger partial charge in [0.2, 0.25) is 0 Å². The maximum absolute atomic E-state index is 10.5. The summed E-state index contributed by atoms with van der Waals surface area (Å²) in [6, 6.07) is 2.87. The van der Waals surface area contributed by atoms with Crippen LogP contribution in [0.3, 0.4) is 0 Å². The summed E-state index contributed by atoms with van der Waals surface area (Å²) in [5.74, 6) is 0. The van der Waals surface area contributed by atoms with Gasteiger partial charge in [-0.25, -0.2) is 0 Å². The molecule has 0 radical (unpaired) electrons. The van der Waals surface area contributed by atoms with Gasteiger partial charge < -0.3 is 4.84 Å². The number of pyridine rings is 1. The Bertz CT molecular complexity index is 221. The maximum atomic E-state index is 10.5. The number of nitrogens with zero attached hydrogens (tertiary/aromatic N) is 1. The quantitative estimate of drug-likeness (QED) is 0.525. The highest BCUT2D eigenvalue weighted by atomic mass is 16.6. The molecule has 0 aliphatic rings. The van der Waals surface area contributed by atoms with Gasteiger partial charge in [-0.3, -0.25) is 4.79 Å². The molecule has 3 heteroatoms. The third kappa shape index (κ3) is 1.32. The highest BCUT2D eigenvalue weighted by Gasteiger charge is 1.81. The summed E-state index contributed by atoms with van der Waals surface area (Å²) in [7, 11) is 1.53. The average molecular weight is 125 g/mol. The van der Waals surface area contributed by atoms with Crippen molar-refractivity contribution in [3.63, 3.8) is 0 Å². The predicted molar refractivity (Wildman–Crippen MR) is 33.2 cm³/mol. The molecule has 48 valence electrons. The monoisotopic (exact) mass is 125 g/mol. The molecule has 3 nitrogen and oxygen atoms in total. The van der Waals surface area contributed by atoms with Gasteiger partial charge in [0.05, 0.1) is 0 Å². The zero-order valence-corrected chi connectivity index (χ0v) is 5.07. The van der Waals surface area contributed by atoms with Gasteiger partial charge in [-0.15, -0.1) is 0 Å². The molecule has 1 aromatic heterocycles. The molecule has 0 aliphatic heterocycles. The van der Waals surface area contributed by atoms with E-state index in [-0.39, 0.29) is 5.43 Å². The molecule has 0 aliphatic carbocycles. The lowest BCUT2D eigenvalue weighted by Gasteiger charge is -1.99. The minimum atomic E-state index is -0.0108. The van der Waals surface area contributed by atoms with Gasteiger partial charge in [-0.2, -0.15) is 4.73 Å². The van der Waals surface area contributed by atoms with E-state index in [1.807, 2.05) is 0 Å². The number of rotatable bonds is 1. The fraction of sp³-hybridized carbons (Fsp3) is 0.167. The molecule has 0 bridgehead atoms. The first kappa shape index (κ1) is 5.88. The summed E-state index contributed by atoms with van der Waals surface area (Å²) in [5, 5.41) is 0. The summed E-state index contributed by atoms with van der Waals surface area (Å²) in [6.45, 7) is 0. The normalized spacial score (nSPS) is 9.00.